The Labute approximate surface area is 134 Å². The molecule has 0 N–H and O–H groups in total. The van der Waals surface area contributed by atoms with E-state index in [1.165, 1.54) is 0 Å². The van der Waals surface area contributed by atoms with Crippen LogP contribution in [0.1, 0.15) is 30.7 Å². The number of rotatable bonds is 3. The molecule has 0 radical (unpaired) electrons. The number of hydrogen-bond acceptors (Lipinski definition) is 3. The zero-order chi connectivity index (χ0) is 15.0. The van der Waals surface area contributed by atoms with Gasteiger partial charge >= 0.3 is 0 Å². The van der Waals surface area contributed by atoms with Gasteiger partial charge in [0.25, 0.3) is 0 Å². The first-order valence-corrected chi connectivity index (χ1v) is 7.67. The van der Waals surface area contributed by atoms with Crippen molar-refractivity contribution < 1.29 is 4.74 Å². The predicted molar refractivity (Wildman–Crippen MR) is 84.8 cm³/mol. The number of halogens is 2. The monoisotopic (exact) mass is 322 g/mol. The van der Waals surface area contributed by atoms with Crippen LogP contribution < -0.4 is 0 Å². The number of benzene rings is 1. The summed E-state index contributed by atoms with van der Waals surface area (Å²) in [5, 5.41) is 0.748. The summed E-state index contributed by atoms with van der Waals surface area (Å²) in [6, 6.07) is 7.97. The molecule has 3 rings (SSSR count). The highest BCUT2D eigenvalue weighted by Crippen LogP contribution is 2.44. The normalized spacial score (nSPS) is 16.6. The maximum atomic E-state index is 6.37. The molecule has 5 heteroatoms. The van der Waals surface area contributed by atoms with Gasteiger partial charge < -0.3 is 4.74 Å². The van der Waals surface area contributed by atoms with E-state index in [-0.39, 0.29) is 0 Å². The lowest BCUT2D eigenvalue weighted by Crippen LogP contribution is -2.38. The summed E-state index contributed by atoms with van der Waals surface area (Å²) in [4.78, 5) is 8.90. The third-order valence-corrected chi connectivity index (χ3v) is 4.63. The van der Waals surface area contributed by atoms with Crippen LogP contribution >= 0.6 is 23.2 Å². The highest BCUT2D eigenvalue weighted by Gasteiger charge is 2.42. The molecule has 1 aromatic heterocycles. The number of ether oxygens (including phenoxy) is 1. The summed E-state index contributed by atoms with van der Waals surface area (Å²) in [6.45, 7) is 2.02. The molecule has 1 aromatic carbocycles. The Morgan fingerprint density at radius 2 is 1.81 bits per heavy atom. The van der Waals surface area contributed by atoms with Crippen molar-refractivity contribution in [2.45, 2.75) is 31.8 Å². The average Bonchev–Trinajstić information content (AvgIpc) is 2.37. The minimum atomic E-state index is -0.418. The van der Waals surface area contributed by atoms with Gasteiger partial charge in [-0.1, -0.05) is 53.0 Å². The number of methoxy groups -OCH3 is 1. The van der Waals surface area contributed by atoms with Gasteiger partial charge in [0.05, 0.1) is 5.56 Å². The van der Waals surface area contributed by atoms with E-state index < -0.39 is 5.60 Å². The summed E-state index contributed by atoms with van der Waals surface area (Å²) in [6.07, 6.45) is 2.91. The molecule has 1 fully saturated rings. The van der Waals surface area contributed by atoms with Crippen LogP contribution in [-0.2, 0) is 10.3 Å². The van der Waals surface area contributed by atoms with Crippen LogP contribution in [0.3, 0.4) is 0 Å². The van der Waals surface area contributed by atoms with Crippen molar-refractivity contribution in [2.75, 3.05) is 7.11 Å². The molecule has 3 nitrogen and oxygen atoms in total. The molecule has 0 unspecified atom stereocenters. The van der Waals surface area contributed by atoms with E-state index in [0.717, 1.165) is 30.4 Å². The summed E-state index contributed by atoms with van der Waals surface area (Å²) in [5.41, 5.74) is 2.32. The van der Waals surface area contributed by atoms with Gasteiger partial charge in [-0.2, -0.15) is 0 Å². The van der Waals surface area contributed by atoms with Crippen molar-refractivity contribution in [1.29, 1.82) is 0 Å². The fourth-order valence-electron chi connectivity index (χ4n) is 2.67. The number of nitrogens with zero attached hydrogens (tertiary/aromatic N) is 2. The summed E-state index contributed by atoms with van der Waals surface area (Å²) < 4.78 is 5.59. The Morgan fingerprint density at radius 3 is 2.29 bits per heavy atom. The fraction of sp³-hybridized carbons (Fsp3) is 0.375. The quantitative estimate of drug-likeness (QED) is 0.762. The molecule has 0 saturated heterocycles. The van der Waals surface area contributed by atoms with Crippen molar-refractivity contribution in [1.82, 2.24) is 9.97 Å². The molecule has 0 amide bonds. The van der Waals surface area contributed by atoms with Crippen molar-refractivity contribution in [3.8, 4) is 11.1 Å². The van der Waals surface area contributed by atoms with Crippen molar-refractivity contribution in [2.24, 2.45) is 0 Å². The minimum Gasteiger partial charge on any atom is -0.370 e. The number of aromatic nitrogens is 2. The van der Waals surface area contributed by atoms with Gasteiger partial charge in [-0.3, -0.25) is 0 Å². The molecule has 1 aliphatic rings. The van der Waals surface area contributed by atoms with E-state index in [2.05, 4.69) is 9.97 Å². The third-order valence-electron chi connectivity index (χ3n) is 4.09. The standard InChI is InChI=1S/C16H16Cl2N2O/c1-10-5-3-6-11(9-10)12-13(17)19-15(20-14(12)18)16(21-2)7-4-8-16/h3,5-6,9H,4,7-8H2,1-2H3. The minimum absolute atomic E-state index is 0.374. The van der Waals surface area contributed by atoms with Crippen LogP contribution in [0.5, 0.6) is 0 Å². The van der Waals surface area contributed by atoms with Crippen LogP contribution in [0.25, 0.3) is 11.1 Å². The smallest absolute Gasteiger partial charge is 0.163 e. The zero-order valence-corrected chi connectivity index (χ0v) is 13.5. The Hall–Kier alpha value is -1.16. The van der Waals surface area contributed by atoms with Crippen LogP contribution in [0, 0.1) is 6.92 Å². The lowest BCUT2D eigenvalue weighted by Gasteiger charge is -2.38. The van der Waals surface area contributed by atoms with Gasteiger partial charge in [-0.05, 0) is 31.7 Å². The third kappa shape index (κ3) is 2.54. The van der Waals surface area contributed by atoms with Crippen LogP contribution in [0.15, 0.2) is 24.3 Å². The van der Waals surface area contributed by atoms with E-state index in [1.807, 2.05) is 31.2 Å². The largest absolute Gasteiger partial charge is 0.370 e. The maximum Gasteiger partial charge on any atom is 0.163 e. The molecule has 2 aromatic rings. The van der Waals surface area contributed by atoms with Crippen molar-refractivity contribution in [3.63, 3.8) is 0 Å². The van der Waals surface area contributed by atoms with E-state index in [9.17, 15) is 0 Å². The molecule has 0 bridgehead atoms. The highest BCUT2D eigenvalue weighted by atomic mass is 35.5. The summed E-state index contributed by atoms with van der Waals surface area (Å²) in [7, 11) is 1.68. The van der Waals surface area contributed by atoms with Crippen molar-refractivity contribution in [3.05, 3.63) is 46.0 Å². The maximum absolute atomic E-state index is 6.37. The highest BCUT2D eigenvalue weighted by molar-refractivity contribution is 6.37. The molecule has 0 aliphatic heterocycles. The lowest BCUT2D eigenvalue weighted by molar-refractivity contribution is -0.0846. The van der Waals surface area contributed by atoms with E-state index in [0.29, 0.717) is 21.7 Å². The van der Waals surface area contributed by atoms with Gasteiger partial charge in [-0.15, -0.1) is 0 Å². The van der Waals surface area contributed by atoms with Gasteiger partial charge in [0.1, 0.15) is 15.9 Å². The second-order valence-electron chi connectivity index (χ2n) is 5.43. The molecule has 0 spiro atoms. The second-order valence-corrected chi connectivity index (χ2v) is 6.14. The molecular weight excluding hydrogens is 307 g/mol. The molecule has 1 aliphatic carbocycles. The number of aryl methyl sites for hydroxylation is 1. The predicted octanol–water partition coefficient (Wildman–Crippen LogP) is 4.78. The van der Waals surface area contributed by atoms with Gasteiger partial charge in [0.2, 0.25) is 0 Å². The topological polar surface area (TPSA) is 35.0 Å². The van der Waals surface area contributed by atoms with Gasteiger partial charge in [0, 0.05) is 7.11 Å². The van der Waals surface area contributed by atoms with E-state index in [1.54, 1.807) is 7.11 Å². The van der Waals surface area contributed by atoms with Crippen molar-refractivity contribution >= 4 is 23.2 Å². The molecule has 110 valence electrons. The fourth-order valence-corrected chi connectivity index (χ4v) is 3.27. The first kappa shape index (κ1) is 14.8. The van der Waals surface area contributed by atoms with Gasteiger partial charge in [0.15, 0.2) is 5.82 Å². The summed E-state index contributed by atoms with van der Waals surface area (Å²) >= 11 is 12.7. The Morgan fingerprint density at radius 1 is 1.14 bits per heavy atom. The number of hydrogen-bond donors (Lipinski definition) is 0. The Balaban J connectivity index is 2.09. The van der Waals surface area contributed by atoms with Crippen LogP contribution in [0.2, 0.25) is 10.3 Å². The zero-order valence-electron chi connectivity index (χ0n) is 12.0. The second kappa shape index (κ2) is 5.56. The van der Waals surface area contributed by atoms with Crippen LogP contribution in [-0.4, -0.2) is 17.1 Å². The first-order chi connectivity index (χ1) is 10.1. The molecule has 1 heterocycles. The molecule has 21 heavy (non-hydrogen) atoms. The summed E-state index contributed by atoms with van der Waals surface area (Å²) in [5.74, 6) is 0.586. The first-order valence-electron chi connectivity index (χ1n) is 6.91. The van der Waals surface area contributed by atoms with Crippen LogP contribution in [0.4, 0.5) is 0 Å². The molecular formula is C16H16Cl2N2O. The molecule has 0 atom stereocenters. The van der Waals surface area contributed by atoms with Gasteiger partial charge in [-0.25, -0.2) is 9.97 Å². The Kier molecular flexibility index (Phi) is 3.91. The average molecular weight is 323 g/mol. The Bertz CT molecular complexity index is 655. The SMILES string of the molecule is COC1(c2nc(Cl)c(-c3cccc(C)c3)c(Cl)n2)CCC1. The van der Waals surface area contributed by atoms with E-state index in [4.69, 9.17) is 27.9 Å². The lowest BCUT2D eigenvalue weighted by atomic mass is 9.79. The molecule has 1 saturated carbocycles. The van der Waals surface area contributed by atoms with E-state index >= 15 is 0 Å².